The van der Waals surface area contributed by atoms with Crippen LogP contribution in [0.3, 0.4) is 0 Å². The number of nitrogens with one attached hydrogen (secondary N) is 1. The number of hydrogen-bond donors (Lipinski definition) is 1. The molecule has 1 N–H and O–H groups in total. The van der Waals surface area contributed by atoms with Gasteiger partial charge in [-0.2, -0.15) is 0 Å². The lowest BCUT2D eigenvalue weighted by atomic mass is 9.95. The standard InChI is InChI=1S/C15H22N2OS/c1-12-7-8-15(16-11-12)19-10-9-14(18)17-13-5-3-2-4-6-13/h7-8,11,13H,2-6,9-10H2,1H3,(H,17,18). The summed E-state index contributed by atoms with van der Waals surface area (Å²) in [5.41, 5.74) is 1.17. The topological polar surface area (TPSA) is 42.0 Å². The van der Waals surface area contributed by atoms with Gasteiger partial charge >= 0.3 is 0 Å². The van der Waals surface area contributed by atoms with Gasteiger partial charge in [-0.25, -0.2) is 4.98 Å². The van der Waals surface area contributed by atoms with E-state index in [0.29, 0.717) is 12.5 Å². The first-order valence-corrected chi connectivity index (χ1v) is 8.07. The second-order valence-electron chi connectivity index (χ2n) is 5.17. The first-order chi connectivity index (χ1) is 9.24. The number of pyridine rings is 1. The van der Waals surface area contributed by atoms with Crippen molar-refractivity contribution in [2.75, 3.05) is 5.75 Å². The summed E-state index contributed by atoms with van der Waals surface area (Å²) in [6, 6.07) is 4.49. The van der Waals surface area contributed by atoms with E-state index < -0.39 is 0 Å². The van der Waals surface area contributed by atoms with E-state index in [2.05, 4.69) is 16.4 Å². The number of rotatable bonds is 5. The Bertz CT molecular complexity index is 399. The second kappa shape index (κ2) is 7.53. The maximum Gasteiger partial charge on any atom is 0.221 e. The van der Waals surface area contributed by atoms with Crippen LogP contribution in [0.15, 0.2) is 23.4 Å². The first kappa shape index (κ1) is 14.4. The highest BCUT2D eigenvalue weighted by Gasteiger charge is 2.15. The number of carbonyl (C=O) groups is 1. The molecule has 0 spiro atoms. The molecular formula is C15H22N2OS. The normalized spacial score (nSPS) is 16.3. The Morgan fingerprint density at radius 3 is 2.84 bits per heavy atom. The molecule has 2 rings (SSSR count). The van der Waals surface area contributed by atoms with Crippen molar-refractivity contribution in [2.24, 2.45) is 0 Å². The number of carbonyl (C=O) groups excluding carboxylic acids is 1. The molecular weight excluding hydrogens is 256 g/mol. The molecule has 0 unspecified atom stereocenters. The predicted octanol–water partition coefficient (Wildman–Crippen LogP) is 3.32. The van der Waals surface area contributed by atoms with E-state index in [-0.39, 0.29) is 5.91 Å². The highest BCUT2D eigenvalue weighted by molar-refractivity contribution is 7.99. The third-order valence-corrected chi connectivity index (χ3v) is 4.38. The van der Waals surface area contributed by atoms with Crippen LogP contribution in [0.5, 0.6) is 0 Å². The zero-order valence-electron chi connectivity index (χ0n) is 11.5. The van der Waals surface area contributed by atoms with Gasteiger partial charge in [-0.3, -0.25) is 4.79 Å². The summed E-state index contributed by atoms with van der Waals surface area (Å²) in [5.74, 6) is 0.987. The molecule has 1 aromatic heterocycles. The van der Waals surface area contributed by atoms with Gasteiger partial charge in [0.15, 0.2) is 0 Å². The van der Waals surface area contributed by atoms with E-state index in [4.69, 9.17) is 0 Å². The Morgan fingerprint density at radius 1 is 1.37 bits per heavy atom. The van der Waals surface area contributed by atoms with Gasteiger partial charge in [-0.15, -0.1) is 11.8 Å². The molecule has 1 aliphatic rings. The number of aromatic nitrogens is 1. The van der Waals surface area contributed by atoms with Gasteiger partial charge in [-0.05, 0) is 31.4 Å². The molecule has 104 valence electrons. The minimum atomic E-state index is 0.187. The van der Waals surface area contributed by atoms with E-state index >= 15 is 0 Å². The van der Waals surface area contributed by atoms with Gasteiger partial charge in [-0.1, -0.05) is 25.3 Å². The Kier molecular flexibility index (Phi) is 5.70. The van der Waals surface area contributed by atoms with E-state index in [9.17, 15) is 4.79 Å². The molecule has 3 nitrogen and oxygen atoms in total. The van der Waals surface area contributed by atoms with Crippen molar-refractivity contribution in [3.63, 3.8) is 0 Å². The minimum Gasteiger partial charge on any atom is -0.353 e. The third kappa shape index (κ3) is 5.23. The lowest BCUT2D eigenvalue weighted by Crippen LogP contribution is -2.36. The SMILES string of the molecule is Cc1ccc(SCCC(=O)NC2CCCCC2)nc1. The summed E-state index contributed by atoms with van der Waals surface area (Å²) in [4.78, 5) is 16.1. The van der Waals surface area contributed by atoms with Crippen LogP contribution in [0.4, 0.5) is 0 Å². The fraction of sp³-hybridized carbons (Fsp3) is 0.600. The highest BCUT2D eigenvalue weighted by atomic mass is 32.2. The summed E-state index contributed by atoms with van der Waals surface area (Å²) < 4.78 is 0. The van der Waals surface area contributed by atoms with Crippen LogP contribution in [0.1, 0.15) is 44.1 Å². The Morgan fingerprint density at radius 2 is 2.16 bits per heavy atom. The molecule has 0 aromatic carbocycles. The lowest BCUT2D eigenvalue weighted by Gasteiger charge is -2.22. The van der Waals surface area contributed by atoms with Gasteiger partial charge in [0.1, 0.15) is 0 Å². The zero-order chi connectivity index (χ0) is 13.5. The Hall–Kier alpha value is -1.03. The molecule has 0 aliphatic heterocycles. The molecule has 1 amide bonds. The summed E-state index contributed by atoms with van der Waals surface area (Å²) in [7, 11) is 0. The van der Waals surface area contributed by atoms with Gasteiger partial charge in [0, 0.05) is 24.4 Å². The van der Waals surface area contributed by atoms with Crippen LogP contribution in [-0.4, -0.2) is 22.7 Å². The molecule has 1 aliphatic carbocycles. The van der Waals surface area contributed by atoms with Gasteiger partial charge < -0.3 is 5.32 Å². The van der Waals surface area contributed by atoms with Crippen molar-refractivity contribution in [2.45, 2.75) is 56.5 Å². The number of hydrogen-bond acceptors (Lipinski definition) is 3. The van der Waals surface area contributed by atoms with Crippen LogP contribution in [0.25, 0.3) is 0 Å². The van der Waals surface area contributed by atoms with Crippen LogP contribution in [-0.2, 0) is 4.79 Å². The quantitative estimate of drug-likeness (QED) is 0.840. The summed E-state index contributed by atoms with van der Waals surface area (Å²) in [5, 5.41) is 4.14. The lowest BCUT2D eigenvalue weighted by molar-refractivity contribution is -0.121. The van der Waals surface area contributed by atoms with E-state index in [1.54, 1.807) is 11.8 Å². The Labute approximate surface area is 119 Å². The number of thioether (sulfide) groups is 1. The van der Waals surface area contributed by atoms with Crippen molar-refractivity contribution in [1.82, 2.24) is 10.3 Å². The number of aryl methyl sites for hydroxylation is 1. The average molecular weight is 278 g/mol. The predicted molar refractivity (Wildman–Crippen MR) is 79.3 cm³/mol. The fourth-order valence-electron chi connectivity index (χ4n) is 2.33. The fourth-order valence-corrected chi connectivity index (χ4v) is 3.12. The maximum atomic E-state index is 11.8. The summed E-state index contributed by atoms with van der Waals surface area (Å²) >= 11 is 1.65. The molecule has 1 heterocycles. The second-order valence-corrected chi connectivity index (χ2v) is 6.29. The zero-order valence-corrected chi connectivity index (χ0v) is 12.3. The van der Waals surface area contributed by atoms with Crippen molar-refractivity contribution in [1.29, 1.82) is 0 Å². The van der Waals surface area contributed by atoms with Crippen LogP contribution >= 0.6 is 11.8 Å². The van der Waals surface area contributed by atoms with Gasteiger partial charge in [0.05, 0.1) is 5.03 Å². The molecule has 0 saturated heterocycles. The van der Waals surface area contributed by atoms with Crippen LogP contribution < -0.4 is 5.32 Å². The summed E-state index contributed by atoms with van der Waals surface area (Å²) in [6.07, 6.45) is 8.58. The largest absolute Gasteiger partial charge is 0.353 e. The summed E-state index contributed by atoms with van der Waals surface area (Å²) in [6.45, 7) is 2.03. The minimum absolute atomic E-state index is 0.187. The van der Waals surface area contributed by atoms with Gasteiger partial charge in [0.2, 0.25) is 5.91 Å². The maximum absolute atomic E-state index is 11.8. The molecule has 19 heavy (non-hydrogen) atoms. The van der Waals surface area contributed by atoms with Crippen LogP contribution in [0, 0.1) is 6.92 Å². The van der Waals surface area contributed by atoms with Crippen molar-refractivity contribution in [3.8, 4) is 0 Å². The van der Waals surface area contributed by atoms with Crippen molar-refractivity contribution >= 4 is 17.7 Å². The van der Waals surface area contributed by atoms with Crippen molar-refractivity contribution in [3.05, 3.63) is 23.9 Å². The number of nitrogens with zero attached hydrogens (tertiary/aromatic N) is 1. The monoisotopic (exact) mass is 278 g/mol. The Balaban J connectivity index is 1.64. The number of amides is 1. The van der Waals surface area contributed by atoms with E-state index in [1.165, 1.54) is 24.8 Å². The van der Waals surface area contributed by atoms with Crippen LogP contribution in [0.2, 0.25) is 0 Å². The molecule has 4 heteroatoms. The highest BCUT2D eigenvalue weighted by Crippen LogP contribution is 2.18. The molecule has 1 aromatic rings. The molecule has 1 saturated carbocycles. The third-order valence-electron chi connectivity index (χ3n) is 3.43. The van der Waals surface area contributed by atoms with Gasteiger partial charge in [0.25, 0.3) is 0 Å². The van der Waals surface area contributed by atoms with Crippen molar-refractivity contribution < 1.29 is 4.79 Å². The molecule has 0 radical (unpaired) electrons. The molecule has 0 bridgehead atoms. The average Bonchev–Trinajstić information content (AvgIpc) is 2.42. The van der Waals surface area contributed by atoms with E-state index in [0.717, 1.165) is 23.6 Å². The first-order valence-electron chi connectivity index (χ1n) is 7.09. The van der Waals surface area contributed by atoms with E-state index in [1.807, 2.05) is 19.2 Å². The molecule has 1 fully saturated rings. The molecule has 0 atom stereocenters. The smallest absolute Gasteiger partial charge is 0.221 e.